The van der Waals surface area contributed by atoms with Crippen molar-refractivity contribution in [1.29, 1.82) is 0 Å². The third kappa shape index (κ3) is 9.87. The van der Waals surface area contributed by atoms with Crippen LogP contribution in [0.3, 0.4) is 0 Å². The second kappa shape index (κ2) is 15.2. The maximum atomic E-state index is 12.8. The van der Waals surface area contributed by atoms with Crippen LogP contribution in [0.1, 0.15) is 42.4 Å². The average Bonchev–Trinajstić information content (AvgIpc) is 2.89. The Balaban J connectivity index is 1.84. The van der Waals surface area contributed by atoms with Gasteiger partial charge in [-0.05, 0) is 69.1 Å². The summed E-state index contributed by atoms with van der Waals surface area (Å²) in [7, 11) is 5.62. The lowest BCUT2D eigenvalue weighted by Gasteiger charge is -2.24. The van der Waals surface area contributed by atoms with Crippen LogP contribution < -0.4 is 19.5 Å². The molecule has 2 aromatic rings. The highest BCUT2D eigenvalue weighted by Gasteiger charge is 2.17. The van der Waals surface area contributed by atoms with Gasteiger partial charge in [0.2, 0.25) is 5.91 Å². The van der Waals surface area contributed by atoms with Gasteiger partial charge < -0.3 is 29.5 Å². The number of carboxylic acid groups (broad SMARTS) is 1. The van der Waals surface area contributed by atoms with Gasteiger partial charge in [0.05, 0.1) is 20.3 Å². The number of nitrogens with one attached hydrogen (secondary N) is 1. The zero-order chi connectivity index (χ0) is 27.3. The molecule has 9 heteroatoms. The first-order valence-corrected chi connectivity index (χ1v) is 13.2. The molecule has 0 radical (unpaired) electrons. The van der Waals surface area contributed by atoms with Crippen molar-refractivity contribution < 1.29 is 28.9 Å². The lowest BCUT2D eigenvalue weighted by molar-refractivity contribution is -0.137. The van der Waals surface area contributed by atoms with E-state index < -0.39 is 5.97 Å². The Bertz CT molecular complexity index is 1060. The number of ether oxygens (including phenoxy) is 3. The molecule has 1 amide bonds. The standard InChI is InChI=1S/C29H41N3O6/c1-31(2)14-16-38-26-11-8-23(18-27(26)36-3)19-32-20-24-17-22(9-12-29(34)35)7-10-25(24)37-15-6-4-5-13-30-28(33)21-32/h7-8,10-11,17-18H,4-6,9,12-16,19-21H2,1-3H3,(H,30,33)(H,34,35). The Hall–Kier alpha value is -3.30. The number of aryl methyl sites for hydroxylation is 1. The molecule has 3 rings (SSSR count). The smallest absolute Gasteiger partial charge is 0.303 e. The van der Waals surface area contributed by atoms with Gasteiger partial charge in [0.25, 0.3) is 0 Å². The minimum atomic E-state index is -0.827. The lowest BCUT2D eigenvalue weighted by Crippen LogP contribution is -2.37. The molecule has 208 valence electrons. The first-order valence-electron chi connectivity index (χ1n) is 13.2. The van der Waals surface area contributed by atoms with E-state index in [2.05, 4.69) is 15.1 Å². The maximum Gasteiger partial charge on any atom is 0.303 e. The fourth-order valence-electron chi connectivity index (χ4n) is 4.31. The van der Waals surface area contributed by atoms with E-state index in [1.54, 1.807) is 7.11 Å². The van der Waals surface area contributed by atoms with Crippen molar-refractivity contribution in [2.75, 3.05) is 54.1 Å². The number of benzene rings is 2. The highest BCUT2D eigenvalue weighted by atomic mass is 16.5. The third-order valence-corrected chi connectivity index (χ3v) is 6.34. The second-order valence-electron chi connectivity index (χ2n) is 9.88. The summed E-state index contributed by atoms with van der Waals surface area (Å²) >= 11 is 0. The summed E-state index contributed by atoms with van der Waals surface area (Å²) < 4.78 is 17.6. The van der Waals surface area contributed by atoms with Gasteiger partial charge in [0.1, 0.15) is 12.4 Å². The summed E-state index contributed by atoms with van der Waals surface area (Å²) in [5.41, 5.74) is 2.86. The number of likely N-dealkylation sites (N-methyl/N-ethyl adjacent to an activating group) is 1. The van der Waals surface area contributed by atoms with Crippen molar-refractivity contribution in [3.8, 4) is 17.2 Å². The Labute approximate surface area is 225 Å². The van der Waals surface area contributed by atoms with Crippen molar-refractivity contribution in [3.05, 3.63) is 53.1 Å². The molecule has 2 aromatic carbocycles. The second-order valence-corrected chi connectivity index (χ2v) is 9.88. The molecular formula is C29H41N3O6. The number of carboxylic acids is 1. The molecule has 38 heavy (non-hydrogen) atoms. The molecule has 1 aliphatic heterocycles. The predicted octanol–water partition coefficient (Wildman–Crippen LogP) is 3.33. The molecular weight excluding hydrogens is 486 g/mol. The molecule has 0 saturated heterocycles. The van der Waals surface area contributed by atoms with Gasteiger partial charge in [-0.2, -0.15) is 0 Å². The summed E-state index contributed by atoms with van der Waals surface area (Å²) in [5.74, 6) is 1.26. The van der Waals surface area contributed by atoms with Gasteiger partial charge >= 0.3 is 5.97 Å². The van der Waals surface area contributed by atoms with Crippen LogP contribution in [0.5, 0.6) is 17.2 Å². The van der Waals surface area contributed by atoms with Gasteiger partial charge in [-0.25, -0.2) is 0 Å². The number of rotatable bonds is 10. The van der Waals surface area contributed by atoms with E-state index in [4.69, 9.17) is 19.3 Å². The van der Waals surface area contributed by atoms with Crippen LogP contribution in [-0.4, -0.2) is 80.8 Å². The molecule has 1 heterocycles. The summed E-state index contributed by atoms with van der Waals surface area (Å²) in [4.78, 5) is 28.0. The number of methoxy groups -OCH3 is 1. The van der Waals surface area contributed by atoms with Crippen molar-refractivity contribution >= 4 is 11.9 Å². The van der Waals surface area contributed by atoms with Crippen molar-refractivity contribution in [2.24, 2.45) is 0 Å². The zero-order valence-electron chi connectivity index (χ0n) is 22.8. The molecule has 0 saturated carbocycles. The number of carbonyl (C=O) groups is 2. The number of hydrogen-bond acceptors (Lipinski definition) is 7. The average molecular weight is 528 g/mol. The van der Waals surface area contributed by atoms with Gasteiger partial charge in [-0.3, -0.25) is 14.5 Å². The molecule has 0 unspecified atom stereocenters. The zero-order valence-corrected chi connectivity index (χ0v) is 22.8. The Morgan fingerprint density at radius 3 is 2.66 bits per heavy atom. The molecule has 0 aliphatic carbocycles. The monoisotopic (exact) mass is 527 g/mol. The van der Waals surface area contributed by atoms with Gasteiger partial charge in [0, 0.05) is 38.2 Å². The molecule has 1 aliphatic rings. The van der Waals surface area contributed by atoms with Crippen LogP contribution in [-0.2, 0) is 29.1 Å². The van der Waals surface area contributed by atoms with Crippen LogP contribution >= 0.6 is 0 Å². The van der Waals surface area contributed by atoms with Crippen LogP contribution in [0.4, 0.5) is 0 Å². The fraction of sp³-hybridized carbons (Fsp3) is 0.517. The number of carbonyl (C=O) groups excluding carboxylic acids is 1. The number of fused-ring (bicyclic) bond motifs is 1. The highest BCUT2D eigenvalue weighted by Crippen LogP contribution is 2.30. The lowest BCUT2D eigenvalue weighted by atomic mass is 10.0. The summed E-state index contributed by atoms with van der Waals surface area (Å²) in [5, 5.41) is 12.2. The van der Waals surface area contributed by atoms with Crippen LogP contribution in [0.15, 0.2) is 36.4 Å². The summed E-state index contributed by atoms with van der Waals surface area (Å²) in [6.07, 6.45) is 3.29. The number of aliphatic carboxylic acids is 1. The Morgan fingerprint density at radius 2 is 1.89 bits per heavy atom. The maximum absolute atomic E-state index is 12.8. The van der Waals surface area contributed by atoms with Crippen molar-refractivity contribution in [3.63, 3.8) is 0 Å². The van der Waals surface area contributed by atoms with E-state index >= 15 is 0 Å². The normalized spacial score (nSPS) is 15.3. The van der Waals surface area contributed by atoms with E-state index in [1.165, 1.54) is 0 Å². The topological polar surface area (TPSA) is 101 Å². The molecule has 0 bridgehead atoms. The first kappa shape index (κ1) is 29.3. The van der Waals surface area contributed by atoms with Crippen molar-refractivity contribution in [1.82, 2.24) is 15.1 Å². The molecule has 0 aromatic heterocycles. The largest absolute Gasteiger partial charge is 0.493 e. The number of hydrogen-bond donors (Lipinski definition) is 2. The van der Waals surface area contributed by atoms with E-state index in [0.717, 1.165) is 48.2 Å². The molecule has 0 atom stereocenters. The van der Waals surface area contributed by atoms with Gasteiger partial charge in [-0.15, -0.1) is 0 Å². The molecule has 9 nitrogen and oxygen atoms in total. The quantitative estimate of drug-likeness (QED) is 0.485. The van der Waals surface area contributed by atoms with Crippen LogP contribution in [0, 0.1) is 0 Å². The molecule has 2 N–H and O–H groups in total. The minimum absolute atomic E-state index is 0.0237. The van der Waals surface area contributed by atoms with Crippen LogP contribution in [0.2, 0.25) is 0 Å². The van der Waals surface area contributed by atoms with E-state index in [9.17, 15) is 9.59 Å². The minimum Gasteiger partial charge on any atom is -0.493 e. The SMILES string of the molecule is COc1cc(CN2CC(=O)NCCCCCOc3ccc(CCC(=O)O)cc3C2)ccc1OCCN(C)C. The van der Waals surface area contributed by atoms with E-state index in [-0.39, 0.29) is 18.9 Å². The van der Waals surface area contributed by atoms with E-state index in [1.807, 2.05) is 50.5 Å². The van der Waals surface area contributed by atoms with Gasteiger partial charge in [0.15, 0.2) is 11.5 Å². The summed E-state index contributed by atoms with van der Waals surface area (Å²) in [6.45, 7) is 3.81. The van der Waals surface area contributed by atoms with E-state index in [0.29, 0.717) is 50.8 Å². The number of nitrogens with zero attached hydrogens (tertiary/aromatic N) is 2. The first-order chi connectivity index (χ1) is 18.3. The van der Waals surface area contributed by atoms with Crippen molar-refractivity contribution in [2.45, 2.75) is 45.2 Å². The number of amides is 1. The predicted molar refractivity (Wildman–Crippen MR) is 146 cm³/mol. The Morgan fingerprint density at radius 1 is 1.08 bits per heavy atom. The van der Waals surface area contributed by atoms with Crippen LogP contribution in [0.25, 0.3) is 0 Å². The highest BCUT2D eigenvalue weighted by molar-refractivity contribution is 5.78. The molecule has 0 fully saturated rings. The Kier molecular flexibility index (Phi) is 11.7. The fourth-order valence-corrected chi connectivity index (χ4v) is 4.31. The third-order valence-electron chi connectivity index (χ3n) is 6.34. The van der Waals surface area contributed by atoms with Gasteiger partial charge in [-0.1, -0.05) is 18.2 Å². The molecule has 0 spiro atoms. The summed E-state index contributed by atoms with van der Waals surface area (Å²) in [6, 6.07) is 11.7.